The molecule has 0 aliphatic rings. The molecule has 0 rings (SSSR count). The zero-order valence-electron chi connectivity index (χ0n) is 4.13. The maximum absolute atomic E-state index is 0. The van der Waals surface area contributed by atoms with Gasteiger partial charge in [0.15, 0.2) is 0 Å². The summed E-state index contributed by atoms with van der Waals surface area (Å²) in [6, 6.07) is 0. The van der Waals surface area contributed by atoms with Crippen LogP contribution in [0.15, 0.2) is 0 Å². The van der Waals surface area contributed by atoms with Gasteiger partial charge in [-0.25, -0.2) is 0 Å². The molecule has 0 aliphatic heterocycles. The summed E-state index contributed by atoms with van der Waals surface area (Å²) in [4.78, 5) is 0. The minimum atomic E-state index is 0. The first-order valence-corrected chi connectivity index (χ1v) is 0. The molecule has 0 heterocycles. The number of hydrogen-bond acceptors (Lipinski definition) is 0. The monoisotopic (exact) mass is 264 g/mol. The molecule has 0 saturated carbocycles. The summed E-state index contributed by atoms with van der Waals surface area (Å²) >= 11 is 0. The van der Waals surface area contributed by atoms with Crippen molar-refractivity contribution in [1.82, 2.24) is 0 Å². The first-order valence-electron chi connectivity index (χ1n) is 0. The third kappa shape index (κ3) is 22.9. The van der Waals surface area contributed by atoms with Crippen LogP contribution in [0.3, 0.4) is 0 Å². The van der Waals surface area contributed by atoms with E-state index in [1.807, 2.05) is 0 Å². The second kappa shape index (κ2) is 31.9. The van der Waals surface area contributed by atoms with E-state index in [1.54, 1.807) is 0 Å². The molecule has 6 radical (unpaired) electrons. The van der Waals surface area contributed by atoms with Crippen molar-refractivity contribution in [1.29, 1.82) is 0 Å². The van der Waals surface area contributed by atoms with Gasteiger partial charge in [0.05, 0.1) is 0 Å². The molecule has 0 bridgehead atoms. The Hall–Kier alpha value is 5.24. The van der Waals surface area contributed by atoms with Crippen LogP contribution in [0.1, 0.15) is 0 Å². The summed E-state index contributed by atoms with van der Waals surface area (Å²) in [7, 11) is 0. The third-order valence-corrected chi connectivity index (χ3v) is 0. The van der Waals surface area contributed by atoms with Crippen LogP contribution >= 0.6 is 9.90 Å². The minimum absolute atomic E-state index is 0. The van der Waals surface area contributed by atoms with Gasteiger partial charge in [0, 0.05) is 149 Å². The Morgan fingerprint density at radius 2 is 1.00 bits per heavy atom. The predicted molar refractivity (Wildman–Crippen MR) is 28.4 cm³/mol. The van der Waals surface area contributed by atoms with Crippen molar-refractivity contribution in [3.8, 4) is 0 Å². The van der Waals surface area contributed by atoms with Crippen LogP contribution in [-0.2, 0) is 36.5 Å². The van der Waals surface area contributed by atoms with Gasteiger partial charge >= 0.3 is 0 Å². The van der Waals surface area contributed by atoms with Crippen LogP contribution in [0.5, 0.6) is 0 Å². The van der Waals surface area contributed by atoms with Crippen LogP contribution in [0.2, 0.25) is 0 Å². The van der Waals surface area contributed by atoms with E-state index in [1.165, 1.54) is 0 Å². The van der Waals surface area contributed by atoms with Crippen molar-refractivity contribution in [2.24, 2.45) is 0 Å². The van der Waals surface area contributed by atoms with Crippen molar-refractivity contribution >= 4 is 122 Å². The Morgan fingerprint density at radius 1 is 1.00 bits per heavy atom. The van der Waals surface area contributed by atoms with Crippen molar-refractivity contribution < 1.29 is 36.5 Å². The Kier molecular flexibility index (Phi) is 228. The number of rotatable bonds is 0. The van der Waals surface area contributed by atoms with E-state index in [0.717, 1.165) is 0 Å². The maximum atomic E-state index is 0. The molecule has 1 atom stereocenters. The van der Waals surface area contributed by atoms with Gasteiger partial charge in [0.1, 0.15) is 0 Å². The van der Waals surface area contributed by atoms with E-state index in [4.69, 9.17) is 0 Å². The summed E-state index contributed by atoms with van der Waals surface area (Å²) in [6.45, 7) is 0. The Labute approximate surface area is 154 Å². The van der Waals surface area contributed by atoms with Crippen LogP contribution in [0.25, 0.3) is 0 Å². The van der Waals surface area contributed by atoms with Gasteiger partial charge in [-0.1, -0.05) is 0 Å². The van der Waals surface area contributed by atoms with Gasteiger partial charge < -0.3 is 0 Å². The average Bonchev–Trinajstić information content (AvgIpc) is 0. The van der Waals surface area contributed by atoms with Gasteiger partial charge in [-0.05, 0) is 0 Å². The van der Waals surface area contributed by atoms with Gasteiger partial charge in [0.2, 0.25) is 0 Å². The quantitative estimate of drug-likeness (QED) is 0.386. The van der Waals surface area contributed by atoms with E-state index in [0.29, 0.717) is 0 Å². The first-order chi connectivity index (χ1) is 0. The Balaban J connectivity index is 0. The predicted octanol–water partition coefficient (Wildman–Crippen LogP) is -1.09. The summed E-state index contributed by atoms with van der Waals surface area (Å²) in [5, 5.41) is 0. The summed E-state index contributed by atoms with van der Waals surface area (Å²) in [5.41, 5.74) is 0. The van der Waals surface area contributed by atoms with E-state index in [9.17, 15) is 0 Å². The summed E-state index contributed by atoms with van der Waals surface area (Å²) in [5.74, 6) is 0. The smallest absolute Gasteiger partial charge is 0 e. The van der Waals surface area contributed by atoms with E-state index >= 15 is 0 Å². The molecule has 6 heteroatoms. The molecule has 0 aromatic rings. The molecule has 0 saturated heterocycles. The van der Waals surface area contributed by atoms with E-state index in [-0.39, 0.29) is 159 Å². The molecule has 0 fully saturated rings. The molecular weight excluding hydrogens is 263 g/mol. The zero-order chi connectivity index (χ0) is 0. The Bertz CT molecular complexity index is 15.5. The van der Waals surface area contributed by atoms with Crippen LogP contribution in [-0.4, -0.2) is 112 Å². The minimum Gasteiger partial charge on any atom is -0.153 e. The van der Waals surface area contributed by atoms with Crippen LogP contribution < -0.4 is 0 Å². The third-order valence-electron chi connectivity index (χ3n) is 0. The second-order valence-electron chi connectivity index (χ2n) is 0. The fourth-order valence-corrected chi connectivity index (χ4v) is 0. The molecule has 0 aromatic heterocycles. The molecule has 0 nitrogen and oxygen atoms in total. The molecule has 1 unspecified atom stereocenters. The van der Waals surface area contributed by atoms with Gasteiger partial charge in [-0.15, -0.1) is 0 Å². The molecule has 26 valence electrons. The fraction of sp³-hybridized carbons (Fsp3) is 0. The van der Waals surface area contributed by atoms with Crippen LogP contribution in [0, 0.1) is 0 Å². The fourth-order valence-electron chi connectivity index (χ4n) is 0. The molecule has 0 N–H and O–H groups in total. The average molecular weight is 266 g/mol. The topological polar surface area (TPSA) is 0 Å². The van der Waals surface area contributed by atoms with E-state index < -0.39 is 0 Å². The van der Waals surface area contributed by atoms with Gasteiger partial charge in [-0.2, -0.15) is 9.90 Å². The molecule has 6 heavy (non-hydrogen) atoms. The first kappa shape index (κ1) is 42.9. The molecule has 0 spiro atoms. The van der Waals surface area contributed by atoms with Crippen molar-refractivity contribution in [2.75, 3.05) is 0 Å². The van der Waals surface area contributed by atoms with Crippen LogP contribution in [0.4, 0.5) is 0 Å². The van der Waals surface area contributed by atoms with Crippen molar-refractivity contribution in [2.45, 2.75) is 0 Å². The molecule has 0 aliphatic carbocycles. The zero-order valence-corrected chi connectivity index (χ0v) is 16.2. The van der Waals surface area contributed by atoms with Gasteiger partial charge in [-0.3, -0.25) is 0 Å². The Morgan fingerprint density at radius 3 is 1.00 bits per heavy atom. The summed E-state index contributed by atoms with van der Waals surface area (Å²) < 4.78 is 0. The second-order valence-corrected chi connectivity index (χ2v) is 0. The van der Waals surface area contributed by atoms with Crippen molar-refractivity contribution in [3.63, 3.8) is 0 Å². The molecule has 0 amide bonds. The van der Waals surface area contributed by atoms with E-state index in [2.05, 4.69) is 0 Å². The summed E-state index contributed by atoms with van der Waals surface area (Å²) in [6.07, 6.45) is 0. The standard InChI is InChI=1S/Ca.Cu.K.Mg.H3P.Zn/h;;;;1H3;. The number of hydrogen-bond donors (Lipinski definition) is 0. The molecule has 0 aromatic carbocycles. The SMILES string of the molecule is P.[Ca].[Cu].[K].[Mg].[Zn]. The van der Waals surface area contributed by atoms with Crippen molar-refractivity contribution in [3.05, 3.63) is 0 Å². The normalized spacial score (nSPS) is 0. The maximum Gasteiger partial charge on any atom is 0 e. The van der Waals surface area contributed by atoms with Gasteiger partial charge in [0.25, 0.3) is 0 Å². The molecular formula is H3CaCuKMgPZn. The largest absolute Gasteiger partial charge is 0.153 e.